The van der Waals surface area contributed by atoms with Gasteiger partial charge in [0.15, 0.2) is 5.78 Å². The molecule has 0 aromatic carbocycles. The number of hydrogen-bond donors (Lipinski definition) is 1. The highest BCUT2D eigenvalue weighted by atomic mass is 16.2. The molecule has 2 heterocycles. The molecule has 2 aliphatic heterocycles. The summed E-state index contributed by atoms with van der Waals surface area (Å²) in [7, 11) is 1.97. The highest BCUT2D eigenvalue weighted by molar-refractivity contribution is 6.07. The van der Waals surface area contributed by atoms with Gasteiger partial charge in [-0.15, -0.1) is 0 Å². The SMILES string of the molecule is CN1CCC(=O)C2(CCCNC2=O)C1. The lowest BCUT2D eigenvalue weighted by atomic mass is 9.73. The zero-order valence-electron chi connectivity index (χ0n) is 8.51. The molecule has 1 atom stereocenters. The molecule has 4 nitrogen and oxygen atoms in total. The third kappa shape index (κ3) is 1.34. The Bertz CT molecular complexity index is 267. The normalized spacial score (nSPS) is 34.6. The standard InChI is InChI=1S/C10H16N2O2/c1-12-6-3-8(13)10(7-12)4-2-5-11-9(10)14/h2-7H2,1H3,(H,11,14). The van der Waals surface area contributed by atoms with Gasteiger partial charge in [0.05, 0.1) is 0 Å². The Morgan fingerprint density at radius 1 is 1.43 bits per heavy atom. The average molecular weight is 196 g/mol. The van der Waals surface area contributed by atoms with Crippen molar-refractivity contribution in [1.82, 2.24) is 10.2 Å². The van der Waals surface area contributed by atoms with Crippen molar-refractivity contribution in [3.63, 3.8) is 0 Å². The molecule has 0 aromatic rings. The van der Waals surface area contributed by atoms with Crippen LogP contribution in [0.1, 0.15) is 19.3 Å². The number of nitrogens with one attached hydrogen (secondary N) is 1. The molecule has 1 unspecified atom stereocenters. The van der Waals surface area contributed by atoms with E-state index in [1.807, 2.05) is 7.05 Å². The quantitative estimate of drug-likeness (QED) is 0.545. The topological polar surface area (TPSA) is 49.4 Å². The van der Waals surface area contributed by atoms with Gasteiger partial charge in [-0.05, 0) is 19.9 Å². The fraction of sp³-hybridized carbons (Fsp3) is 0.800. The first kappa shape index (κ1) is 9.65. The van der Waals surface area contributed by atoms with Crippen LogP contribution in [0.25, 0.3) is 0 Å². The Balaban J connectivity index is 2.25. The monoisotopic (exact) mass is 196 g/mol. The van der Waals surface area contributed by atoms with Crippen LogP contribution < -0.4 is 5.32 Å². The number of amides is 1. The van der Waals surface area contributed by atoms with Crippen molar-refractivity contribution in [2.45, 2.75) is 19.3 Å². The van der Waals surface area contributed by atoms with Crippen molar-refractivity contribution in [1.29, 1.82) is 0 Å². The highest BCUT2D eigenvalue weighted by Gasteiger charge is 2.48. The van der Waals surface area contributed by atoms with Crippen LogP contribution in [0.2, 0.25) is 0 Å². The fourth-order valence-electron chi connectivity index (χ4n) is 2.45. The maximum absolute atomic E-state index is 11.8. The molecule has 1 spiro atoms. The Hall–Kier alpha value is -0.900. The number of hydrogen-bond acceptors (Lipinski definition) is 3. The summed E-state index contributed by atoms with van der Waals surface area (Å²) in [5.74, 6) is 0.0769. The van der Waals surface area contributed by atoms with Crippen LogP contribution >= 0.6 is 0 Å². The van der Waals surface area contributed by atoms with E-state index in [9.17, 15) is 9.59 Å². The van der Waals surface area contributed by atoms with Crippen molar-refractivity contribution >= 4 is 11.7 Å². The van der Waals surface area contributed by atoms with Crippen molar-refractivity contribution in [3.05, 3.63) is 0 Å². The van der Waals surface area contributed by atoms with Gasteiger partial charge in [0.2, 0.25) is 5.91 Å². The minimum Gasteiger partial charge on any atom is -0.355 e. The first-order chi connectivity index (χ1) is 6.65. The van der Waals surface area contributed by atoms with E-state index in [0.29, 0.717) is 13.0 Å². The van der Waals surface area contributed by atoms with Gasteiger partial charge in [-0.25, -0.2) is 0 Å². The molecular formula is C10H16N2O2. The van der Waals surface area contributed by atoms with Gasteiger partial charge < -0.3 is 10.2 Å². The molecule has 2 aliphatic rings. The molecule has 2 rings (SSSR count). The number of rotatable bonds is 0. The fourth-order valence-corrected chi connectivity index (χ4v) is 2.45. The summed E-state index contributed by atoms with van der Waals surface area (Å²) < 4.78 is 0. The van der Waals surface area contributed by atoms with E-state index in [1.165, 1.54) is 0 Å². The molecule has 2 saturated heterocycles. The Morgan fingerprint density at radius 3 is 2.93 bits per heavy atom. The van der Waals surface area contributed by atoms with Crippen molar-refractivity contribution in [2.75, 3.05) is 26.7 Å². The minimum absolute atomic E-state index is 0.0553. The van der Waals surface area contributed by atoms with Gasteiger partial charge in [0.1, 0.15) is 5.41 Å². The van der Waals surface area contributed by atoms with Crippen LogP contribution in [0.3, 0.4) is 0 Å². The van der Waals surface area contributed by atoms with Gasteiger partial charge in [-0.3, -0.25) is 9.59 Å². The van der Waals surface area contributed by atoms with E-state index >= 15 is 0 Å². The summed E-state index contributed by atoms with van der Waals surface area (Å²) in [6.45, 7) is 2.10. The molecule has 14 heavy (non-hydrogen) atoms. The smallest absolute Gasteiger partial charge is 0.235 e. The lowest BCUT2D eigenvalue weighted by molar-refractivity contribution is -0.148. The second-order valence-corrected chi connectivity index (χ2v) is 4.35. The number of likely N-dealkylation sites (tertiary alicyclic amines) is 1. The molecule has 78 valence electrons. The summed E-state index contributed by atoms with van der Waals surface area (Å²) in [4.78, 5) is 25.7. The van der Waals surface area contributed by atoms with Gasteiger partial charge >= 0.3 is 0 Å². The first-order valence-corrected chi connectivity index (χ1v) is 5.15. The van der Waals surface area contributed by atoms with Gasteiger partial charge in [-0.2, -0.15) is 0 Å². The number of ketones is 1. The van der Waals surface area contributed by atoms with Crippen LogP contribution in [-0.2, 0) is 9.59 Å². The number of nitrogens with zero attached hydrogens (tertiary/aromatic N) is 1. The van der Waals surface area contributed by atoms with Crippen LogP contribution in [0.4, 0.5) is 0 Å². The van der Waals surface area contributed by atoms with E-state index in [-0.39, 0.29) is 11.7 Å². The van der Waals surface area contributed by atoms with Crippen LogP contribution in [0.5, 0.6) is 0 Å². The Morgan fingerprint density at radius 2 is 2.21 bits per heavy atom. The molecule has 0 bridgehead atoms. The number of carbonyl (C=O) groups excluding carboxylic acids is 2. The van der Waals surface area contributed by atoms with E-state index in [4.69, 9.17) is 0 Å². The van der Waals surface area contributed by atoms with Crippen LogP contribution in [-0.4, -0.2) is 43.3 Å². The van der Waals surface area contributed by atoms with E-state index in [1.54, 1.807) is 0 Å². The maximum atomic E-state index is 11.8. The predicted molar refractivity (Wildman–Crippen MR) is 51.8 cm³/mol. The molecule has 0 radical (unpaired) electrons. The third-order valence-electron chi connectivity index (χ3n) is 3.29. The van der Waals surface area contributed by atoms with Crippen molar-refractivity contribution < 1.29 is 9.59 Å². The summed E-state index contributed by atoms with van der Waals surface area (Å²) in [6.07, 6.45) is 2.16. The number of piperidine rings is 2. The van der Waals surface area contributed by atoms with Gasteiger partial charge in [0.25, 0.3) is 0 Å². The van der Waals surface area contributed by atoms with Gasteiger partial charge in [-0.1, -0.05) is 0 Å². The second kappa shape index (κ2) is 3.35. The molecular weight excluding hydrogens is 180 g/mol. The second-order valence-electron chi connectivity index (χ2n) is 4.35. The number of carbonyl (C=O) groups is 2. The Labute approximate surface area is 83.6 Å². The zero-order chi connectivity index (χ0) is 10.2. The molecule has 2 fully saturated rings. The number of Topliss-reactive ketones (excluding diaryl/α,β-unsaturated/α-hetero) is 1. The summed E-state index contributed by atoms with van der Waals surface area (Å²) in [6, 6.07) is 0. The molecule has 0 aromatic heterocycles. The van der Waals surface area contributed by atoms with Crippen molar-refractivity contribution in [3.8, 4) is 0 Å². The average Bonchev–Trinajstić information content (AvgIpc) is 2.17. The highest BCUT2D eigenvalue weighted by Crippen LogP contribution is 2.33. The van der Waals surface area contributed by atoms with E-state index < -0.39 is 5.41 Å². The zero-order valence-corrected chi connectivity index (χ0v) is 8.51. The maximum Gasteiger partial charge on any atom is 0.235 e. The molecule has 0 saturated carbocycles. The molecule has 4 heteroatoms. The Kier molecular flexibility index (Phi) is 2.31. The summed E-state index contributed by atoms with van der Waals surface area (Å²) >= 11 is 0. The van der Waals surface area contributed by atoms with E-state index in [2.05, 4.69) is 10.2 Å². The minimum atomic E-state index is -0.717. The van der Waals surface area contributed by atoms with Gasteiger partial charge in [0, 0.05) is 26.1 Å². The third-order valence-corrected chi connectivity index (χ3v) is 3.29. The first-order valence-electron chi connectivity index (χ1n) is 5.15. The summed E-state index contributed by atoms with van der Waals surface area (Å²) in [5, 5.41) is 2.81. The largest absolute Gasteiger partial charge is 0.355 e. The van der Waals surface area contributed by atoms with Crippen LogP contribution in [0.15, 0.2) is 0 Å². The lowest BCUT2D eigenvalue weighted by Gasteiger charge is -2.41. The molecule has 0 aliphatic carbocycles. The molecule has 1 N–H and O–H groups in total. The van der Waals surface area contributed by atoms with E-state index in [0.717, 1.165) is 25.9 Å². The predicted octanol–water partition coefficient (Wildman–Crippen LogP) is -0.213. The summed E-state index contributed by atoms with van der Waals surface area (Å²) in [5.41, 5.74) is -0.717. The van der Waals surface area contributed by atoms with Crippen LogP contribution in [0, 0.1) is 5.41 Å². The molecule has 1 amide bonds. The van der Waals surface area contributed by atoms with Crippen molar-refractivity contribution in [2.24, 2.45) is 5.41 Å². The lowest BCUT2D eigenvalue weighted by Crippen LogP contribution is -2.58.